The fourth-order valence-corrected chi connectivity index (χ4v) is 14.5. The molecule has 6 aromatic carbocycles. The Kier molecular flexibility index (Phi) is 11.2. The molecule has 0 atom stereocenters. The zero-order chi connectivity index (χ0) is 33.9. The van der Waals surface area contributed by atoms with Gasteiger partial charge < -0.3 is 4.74 Å². The zero-order valence-corrected chi connectivity index (χ0v) is 30.5. The van der Waals surface area contributed by atoms with E-state index in [1.165, 1.54) is 26.3 Å². The van der Waals surface area contributed by atoms with Crippen LogP contribution in [0.4, 0.5) is 0 Å². The molecule has 0 amide bonds. The van der Waals surface area contributed by atoms with Crippen molar-refractivity contribution in [1.82, 2.24) is 4.98 Å². The van der Waals surface area contributed by atoms with E-state index in [0.29, 0.717) is 6.61 Å². The number of benzene rings is 6. The van der Waals surface area contributed by atoms with E-state index in [0.717, 1.165) is 22.6 Å². The highest BCUT2D eigenvalue weighted by Gasteiger charge is 2.47. The second-order valence-corrected chi connectivity index (χ2v) is 20.4. The lowest BCUT2D eigenvalue weighted by molar-refractivity contribution is 0.341. The van der Waals surface area contributed by atoms with Gasteiger partial charge >= 0.3 is 0 Å². The van der Waals surface area contributed by atoms with Crippen LogP contribution in [-0.4, -0.2) is 19.7 Å². The molecule has 0 saturated heterocycles. The first-order valence-electron chi connectivity index (χ1n) is 17.0. The first kappa shape index (κ1) is 34.1. The van der Waals surface area contributed by atoms with E-state index in [1.54, 1.807) is 0 Å². The molecule has 1 aromatic heterocycles. The van der Waals surface area contributed by atoms with E-state index in [1.807, 2.05) is 24.5 Å². The minimum atomic E-state index is -2.11. The molecule has 7 rings (SSSR count). The number of ether oxygens (including phenoxy) is 1. The Morgan fingerprint density at radius 1 is 0.531 bits per heavy atom. The van der Waals surface area contributed by atoms with E-state index >= 15 is 0 Å². The van der Waals surface area contributed by atoms with E-state index < -0.39 is 16.0 Å². The van der Waals surface area contributed by atoms with E-state index in [9.17, 15) is 0 Å². The van der Waals surface area contributed by atoms with Crippen LogP contribution in [0.3, 0.4) is 0 Å². The van der Waals surface area contributed by atoms with Crippen LogP contribution in [0.5, 0.6) is 5.75 Å². The Bertz CT molecular complexity index is 1880. The SMILES string of the molecule is CC(C)(C)[Si](CCOc1cccc2cnccc12)(c1ccccc1)c1ccccc1.c1ccc(P(c2ccccc2)c2ccccc2)cc1. The van der Waals surface area contributed by atoms with Gasteiger partial charge in [0.1, 0.15) is 13.8 Å². The largest absolute Gasteiger partial charge is 0.493 e. The van der Waals surface area contributed by atoms with Gasteiger partial charge in [0.05, 0.1) is 6.61 Å². The van der Waals surface area contributed by atoms with Crippen LogP contribution in [0.15, 0.2) is 188 Å². The van der Waals surface area contributed by atoms with Gasteiger partial charge in [-0.3, -0.25) is 4.98 Å². The van der Waals surface area contributed by atoms with Gasteiger partial charge in [-0.2, -0.15) is 0 Å². The smallest absolute Gasteiger partial charge is 0.127 e. The van der Waals surface area contributed by atoms with Gasteiger partial charge in [-0.1, -0.05) is 195 Å². The van der Waals surface area contributed by atoms with Crippen LogP contribution < -0.4 is 31.0 Å². The minimum absolute atomic E-state index is 0.141. The molecular formula is C45H44NOPSi. The van der Waals surface area contributed by atoms with Gasteiger partial charge in [0.15, 0.2) is 0 Å². The average Bonchev–Trinajstić information content (AvgIpc) is 3.15. The molecular weight excluding hydrogens is 630 g/mol. The molecule has 0 radical (unpaired) electrons. The summed E-state index contributed by atoms with van der Waals surface area (Å²) in [7, 11) is -2.55. The van der Waals surface area contributed by atoms with Crippen LogP contribution in [0.2, 0.25) is 11.1 Å². The van der Waals surface area contributed by atoms with Crippen molar-refractivity contribution in [2.75, 3.05) is 6.61 Å². The molecule has 4 heteroatoms. The quantitative estimate of drug-likeness (QED) is 0.113. The van der Waals surface area contributed by atoms with Crippen LogP contribution in [0.25, 0.3) is 10.8 Å². The van der Waals surface area contributed by atoms with Crippen molar-refractivity contribution in [2.24, 2.45) is 0 Å². The van der Waals surface area contributed by atoms with E-state index in [-0.39, 0.29) is 5.04 Å². The first-order chi connectivity index (χ1) is 24.0. The van der Waals surface area contributed by atoms with Crippen molar-refractivity contribution >= 4 is 53.1 Å². The summed E-state index contributed by atoms with van der Waals surface area (Å²) in [5.74, 6) is 0.938. The Balaban J connectivity index is 0.000000188. The van der Waals surface area contributed by atoms with Crippen LogP contribution in [0, 0.1) is 0 Å². The minimum Gasteiger partial charge on any atom is -0.493 e. The Morgan fingerprint density at radius 2 is 0.980 bits per heavy atom. The van der Waals surface area contributed by atoms with Gasteiger partial charge in [-0.25, -0.2) is 0 Å². The van der Waals surface area contributed by atoms with Crippen molar-refractivity contribution in [3.05, 3.63) is 188 Å². The third kappa shape index (κ3) is 7.91. The molecule has 0 bridgehead atoms. The Labute approximate surface area is 294 Å². The van der Waals surface area contributed by atoms with Crippen LogP contribution >= 0.6 is 7.92 Å². The van der Waals surface area contributed by atoms with Gasteiger partial charge in [0.25, 0.3) is 0 Å². The van der Waals surface area contributed by atoms with Gasteiger partial charge in [-0.05, 0) is 47.1 Å². The van der Waals surface area contributed by atoms with Crippen LogP contribution in [0.1, 0.15) is 20.8 Å². The number of nitrogens with zero attached hydrogens (tertiary/aromatic N) is 1. The Morgan fingerprint density at radius 3 is 1.43 bits per heavy atom. The Hall–Kier alpha value is -4.82. The van der Waals surface area contributed by atoms with Crippen LogP contribution in [-0.2, 0) is 0 Å². The summed E-state index contributed by atoms with van der Waals surface area (Å²) in [6.07, 6.45) is 3.72. The van der Waals surface area contributed by atoms with Crippen molar-refractivity contribution in [3.8, 4) is 5.75 Å². The van der Waals surface area contributed by atoms with Gasteiger partial charge in [0, 0.05) is 23.2 Å². The number of pyridine rings is 1. The fourth-order valence-electron chi connectivity index (χ4n) is 6.85. The monoisotopic (exact) mass is 673 g/mol. The summed E-state index contributed by atoms with van der Waals surface area (Å²) in [4.78, 5) is 4.24. The summed E-state index contributed by atoms with van der Waals surface area (Å²) < 4.78 is 6.42. The lowest BCUT2D eigenvalue weighted by atomic mass is 10.1. The standard InChI is InChI=1S/C27H29NOSi.C18H15P/c1-27(2,3)30(23-12-6-4-7-13-23,24-14-8-5-9-15-24)20-19-29-26-16-10-11-22-21-28-18-17-25(22)26;1-4-10-16(11-5-1)19(17-12-6-2-7-13-17)18-14-8-3-9-15-18/h4-18,21H,19-20H2,1-3H3;1-15H. The number of hydrogen-bond acceptors (Lipinski definition) is 2. The molecule has 0 aliphatic rings. The highest BCUT2D eigenvalue weighted by atomic mass is 31.1. The molecule has 7 aromatic rings. The van der Waals surface area contributed by atoms with Crippen molar-refractivity contribution in [2.45, 2.75) is 31.9 Å². The van der Waals surface area contributed by atoms with E-state index in [4.69, 9.17) is 4.74 Å². The molecule has 0 aliphatic heterocycles. The molecule has 0 N–H and O–H groups in total. The molecule has 0 fully saturated rings. The normalized spacial score (nSPS) is 11.5. The maximum atomic E-state index is 6.42. The second-order valence-electron chi connectivity index (χ2n) is 13.2. The topological polar surface area (TPSA) is 22.1 Å². The summed E-state index contributed by atoms with van der Waals surface area (Å²) in [5, 5.41) is 9.50. The number of fused-ring (bicyclic) bond motifs is 1. The van der Waals surface area contributed by atoms with Crippen molar-refractivity contribution in [3.63, 3.8) is 0 Å². The molecule has 0 saturated carbocycles. The lowest BCUT2D eigenvalue weighted by Gasteiger charge is -2.44. The highest BCUT2D eigenvalue weighted by molar-refractivity contribution is 7.79. The fraction of sp³-hybridized carbons (Fsp3) is 0.133. The van der Waals surface area contributed by atoms with Crippen molar-refractivity contribution < 1.29 is 4.74 Å². The van der Waals surface area contributed by atoms with Crippen molar-refractivity contribution in [1.29, 1.82) is 0 Å². The molecule has 244 valence electrons. The summed E-state index contributed by atoms with van der Waals surface area (Å²) in [5.41, 5.74) is 0. The molecule has 2 nitrogen and oxygen atoms in total. The van der Waals surface area contributed by atoms with Gasteiger partial charge in [0.2, 0.25) is 0 Å². The predicted octanol–water partition coefficient (Wildman–Crippen LogP) is 9.12. The maximum Gasteiger partial charge on any atom is 0.127 e. The zero-order valence-electron chi connectivity index (χ0n) is 28.6. The first-order valence-corrected chi connectivity index (χ1v) is 20.5. The second kappa shape index (κ2) is 16.1. The molecule has 0 aliphatic carbocycles. The van der Waals surface area contributed by atoms with E-state index in [2.05, 4.69) is 190 Å². The highest BCUT2D eigenvalue weighted by Crippen LogP contribution is 2.39. The third-order valence-corrected chi connectivity index (χ3v) is 17.8. The molecule has 0 unspecified atom stereocenters. The third-order valence-electron chi connectivity index (χ3n) is 9.23. The number of aromatic nitrogens is 1. The van der Waals surface area contributed by atoms with Gasteiger partial charge in [-0.15, -0.1) is 0 Å². The summed E-state index contributed by atoms with van der Waals surface area (Å²) in [6.45, 7) is 7.86. The number of hydrogen-bond donors (Lipinski definition) is 0. The lowest BCUT2D eigenvalue weighted by Crippen LogP contribution is -2.64. The molecule has 1 heterocycles. The maximum absolute atomic E-state index is 6.42. The molecule has 0 spiro atoms. The number of rotatable bonds is 9. The predicted molar refractivity (Wildman–Crippen MR) is 215 cm³/mol. The molecule has 49 heavy (non-hydrogen) atoms. The summed E-state index contributed by atoms with van der Waals surface area (Å²) in [6, 6.07) is 63.7. The average molecular weight is 674 g/mol. The summed E-state index contributed by atoms with van der Waals surface area (Å²) >= 11 is 0.